The monoisotopic (exact) mass is 281 g/mol. The molecular formula is C15H27N3S. The molecule has 0 bridgehead atoms. The Bertz CT molecular complexity index is 336. The third-order valence-corrected chi connectivity index (χ3v) is 6.08. The van der Waals surface area contributed by atoms with Gasteiger partial charge in [0.2, 0.25) is 0 Å². The quantitative estimate of drug-likeness (QED) is 0.843. The summed E-state index contributed by atoms with van der Waals surface area (Å²) in [5.74, 6) is 2.02. The Kier molecular flexibility index (Phi) is 4.37. The zero-order chi connectivity index (χ0) is 13.1. The van der Waals surface area contributed by atoms with Gasteiger partial charge < -0.3 is 10.2 Å². The molecule has 0 aromatic heterocycles. The number of hydrogen-bond acceptors (Lipinski definition) is 3. The van der Waals surface area contributed by atoms with Crippen LogP contribution in [-0.2, 0) is 0 Å². The Morgan fingerprint density at radius 1 is 1.32 bits per heavy atom. The first kappa shape index (κ1) is 13.7. The van der Waals surface area contributed by atoms with E-state index in [2.05, 4.69) is 17.3 Å². The summed E-state index contributed by atoms with van der Waals surface area (Å²) in [4.78, 5) is 7.32. The van der Waals surface area contributed by atoms with E-state index in [0.717, 1.165) is 12.5 Å². The van der Waals surface area contributed by atoms with Gasteiger partial charge in [-0.1, -0.05) is 31.0 Å². The predicted octanol–water partition coefficient (Wildman–Crippen LogP) is 2.72. The number of nitrogens with zero attached hydrogens (tertiary/aromatic N) is 2. The van der Waals surface area contributed by atoms with Crippen LogP contribution >= 0.6 is 11.8 Å². The van der Waals surface area contributed by atoms with Crippen LogP contribution in [-0.4, -0.2) is 48.0 Å². The lowest BCUT2D eigenvalue weighted by Gasteiger charge is -2.32. The molecule has 3 aliphatic rings. The average Bonchev–Trinajstić information content (AvgIpc) is 2.80. The second-order valence-corrected chi connectivity index (χ2v) is 7.64. The molecule has 1 saturated carbocycles. The molecule has 108 valence electrons. The molecule has 19 heavy (non-hydrogen) atoms. The number of nitrogens with one attached hydrogen (secondary N) is 1. The van der Waals surface area contributed by atoms with Gasteiger partial charge in [-0.2, -0.15) is 0 Å². The lowest BCUT2D eigenvalue weighted by Crippen LogP contribution is -2.45. The molecule has 2 saturated heterocycles. The third-order valence-electron chi connectivity index (χ3n) is 4.88. The summed E-state index contributed by atoms with van der Waals surface area (Å²) < 4.78 is 0. The maximum Gasteiger partial charge on any atom is 0.157 e. The third kappa shape index (κ3) is 3.46. The molecule has 2 heterocycles. The first-order valence-electron chi connectivity index (χ1n) is 7.90. The average molecular weight is 281 g/mol. The molecule has 0 radical (unpaired) electrons. The van der Waals surface area contributed by atoms with Gasteiger partial charge in [0.05, 0.1) is 0 Å². The van der Waals surface area contributed by atoms with Gasteiger partial charge >= 0.3 is 0 Å². The van der Waals surface area contributed by atoms with Crippen molar-refractivity contribution < 1.29 is 0 Å². The fraction of sp³-hybridized carbons (Fsp3) is 0.933. The van der Waals surface area contributed by atoms with Crippen LogP contribution in [0.3, 0.4) is 0 Å². The van der Waals surface area contributed by atoms with Gasteiger partial charge in [-0.25, -0.2) is 0 Å². The molecule has 0 aromatic rings. The van der Waals surface area contributed by atoms with Gasteiger partial charge in [0.1, 0.15) is 0 Å². The first-order chi connectivity index (χ1) is 9.26. The van der Waals surface area contributed by atoms with Crippen LogP contribution in [0.2, 0.25) is 0 Å². The van der Waals surface area contributed by atoms with Crippen molar-refractivity contribution in [3.63, 3.8) is 0 Å². The van der Waals surface area contributed by atoms with E-state index in [0.29, 0.717) is 5.54 Å². The number of thioether (sulfide) groups is 1. The van der Waals surface area contributed by atoms with Crippen molar-refractivity contribution in [2.24, 2.45) is 10.9 Å². The highest BCUT2D eigenvalue weighted by molar-refractivity contribution is 8.14. The summed E-state index contributed by atoms with van der Waals surface area (Å²) >= 11 is 1.96. The molecule has 1 spiro atoms. The molecule has 1 unspecified atom stereocenters. The van der Waals surface area contributed by atoms with Gasteiger partial charge in [-0.05, 0) is 45.2 Å². The summed E-state index contributed by atoms with van der Waals surface area (Å²) in [5.41, 5.74) is 0.408. The SMILES string of the molecule is CN1CCCC(CN=C2NC3(CCCCC3)CS2)C1. The molecule has 3 nitrogen and oxygen atoms in total. The second-order valence-electron chi connectivity index (χ2n) is 6.67. The maximum absolute atomic E-state index is 4.87. The number of hydrogen-bond donors (Lipinski definition) is 1. The maximum atomic E-state index is 4.87. The summed E-state index contributed by atoms with van der Waals surface area (Å²) in [6.07, 6.45) is 9.63. The van der Waals surface area contributed by atoms with Crippen LogP contribution in [0.1, 0.15) is 44.9 Å². The molecule has 1 atom stereocenters. The van der Waals surface area contributed by atoms with E-state index in [1.54, 1.807) is 0 Å². The van der Waals surface area contributed by atoms with E-state index in [1.807, 2.05) is 11.8 Å². The van der Waals surface area contributed by atoms with Crippen molar-refractivity contribution >= 4 is 16.9 Å². The smallest absolute Gasteiger partial charge is 0.157 e. The second kappa shape index (κ2) is 6.04. The summed E-state index contributed by atoms with van der Waals surface area (Å²) in [6.45, 7) is 3.52. The number of amidine groups is 1. The largest absolute Gasteiger partial charge is 0.359 e. The van der Waals surface area contributed by atoms with Gasteiger partial charge in [0, 0.05) is 24.4 Å². The van der Waals surface area contributed by atoms with E-state index >= 15 is 0 Å². The highest BCUT2D eigenvalue weighted by Gasteiger charge is 2.38. The van der Waals surface area contributed by atoms with E-state index in [4.69, 9.17) is 4.99 Å². The van der Waals surface area contributed by atoms with Gasteiger partial charge in [0.25, 0.3) is 0 Å². The molecule has 0 amide bonds. The first-order valence-corrected chi connectivity index (χ1v) is 8.88. The minimum Gasteiger partial charge on any atom is -0.359 e. The molecular weight excluding hydrogens is 254 g/mol. The number of aliphatic imine (C=N–C) groups is 1. The zero-order valence-electron chi connectivity index (χ0n) is 12.2. The molecule has 3 rings (SSSR count). The minimum absolute atomic E-state index is 0.408. The van der Waals surface area contributed by atoms with Crippen molar-refractivity contribution in [3.8, 4) is 0 Å². The topological polar surface area (TPSA) is 27.6 Å². The molecule has 3 fully saturated rings. The van der Waals surface area contributed by atoms with Crippen LogP contribution < -0.4 is 5.32 Å². The van der Waals surface area contributed by atoms with Gasteiger partial charge in [0.15, 0.2) is 5.17 Å². The lowest BCUT2D eigenvalue weighted by atomic mass is 9.83. The molecule has 2 aliphatic heterocycles. The Balaban J connectivity index is 1.51. The highest BCUT2D eigenvalue weighted by Crippen LogP contribution is 2.36. The van der Waals surface area contributed by atoms with Crippen molar-refractivity contribution in [1.82, 2.24) is 10.2 Å². The van der Waals surface area contributed by atoms with E-state index < -0.39 is 0 Å². The fourth-order valence-corrected chi connectivity index (χ4v) is 4.95. The van der Waals surface area contributed by atoms with Crippen LogP contribution in [0.15, 0.2) is 4.99 Å². The Labute approximate surface area is 121 Å². The minimum atomic E-state index is 0.408. The highest BCUT2D eigenvalue weighted by atomic mass is 32.2. The van der Waals surface area contributed by atoms with Gasteiger partial charge in [-0.15, -0.1) is 0 Å². The summed E-state index contributed by atoms with van der Waals surface area (Å²) in [6, 6.07) is 0. The van der Waals surface area contributed by atoms with Crippen molar-refractivity contribution in [2.75, 3.05) is 32.4 Å². The van der Waals surface area contributed by atoms with E-state index in [9.17, 15) is 0 Å². The fourth-order valence-electron chi connectivity index (χ4n) is 3.72. The summed E-state index contributed by atoms with van der Waals surface area (Å²) in [5, 5.41) is 4.99. The summed E-state index contributed by atoms with van der Waals surface area (Å²) in [7, 11) is 2.24. The van der Waals surface area contributed by atoms with Crippen molar-refractivity contribution in [1.29, 1.82) is 0 Å². The van der Waals surface area contributed by atoms with Crippen LogP contribution in [0, 0.1) is 5.92 Å². The van der Waals surface area contributed by atoms with E-state index in [1.165, 1.54) is 69.0 Å². The Morgan fingerprint density at radius 3 is 2.95 bits per heavy atom. The normalized spacial score (nSPS) is 33.7. The predicted molar refractivity (Wildman–Crippen MR) is 83.9 cm³/mol. The van der Waals surface area contributed by atoms with E-state index in [-0.39, 0.29) is 0 Å². The Hall–Kier alpha value is -0.220. The number of rotatable bonds is 2. The molecule has 4 heteroatoms. The van der Waals surface area contributed by atoms with Crippen LogP contribution in [0.25, 0.3) is 0 Å². The van der Waals surface area contributed by atoms with Crippen LogP contribution in [0.4, 0.5) is 0 Å². The van der Waals surface area contributed by atoms with Crippen LogP contribution in [0.5, 0.6) is 0 Å². The number of likely N-dealkylation sites (tertiary alicyclic amines) is 1. The molecule has 1 aliphatic carbocycles. The Morgan fingerprint density at radius 2 is 2.16 bits per heavy atom. The molecule has 1 N–H and O–H groups in total. The standard InChI is InChI=1S/C15H27N3S/c1-18-9-5-6-13(11-18)10-16-14-17-15(12-19-14)7-3-2-4-8-15/h13H,2-12H2,1H3,(H,16,17). The lowest BCUT2D eigenvalue weighted by molar-refractivity contribution is 0.214. The number of piperidine rings is 1. The zero-order valence-corrected chi connectivity index (χ0v) is 13.0. The molecule has 0 aromatic carbocycles. The van der Waals surface area contributed by atoms with Crippen molar-refractivity contribution in [3.05, 3.63) is 0 Å². The van der Waals surface area contributed by atoms with Gasteiger partial charge in [-0.3, -0.25) is 4.99 Å². The van der Waals surface area contributed by atoms with Crippen molar-refractivity contribution in [2.45, 2.75) is 50.5 Å².